The Kier molecular flexibility index (Phi) is 5.79. The van der Waals surface area contributed by atoms with Gasteiger partial charge < -0.3 is 4.90 Å². The van der Waals surface area contributed by atoms with Crippen LogP contribution in [-0.4, -0.2) is 51.6 Å². The van der Waals surface area contributed by atoms with E-state index >= 15 is 0 Å². The second-order valence-corrected chi connectivity index (χ2v) is 9.91. The van der Waals surface area contributed by atoms with Crippen molar-refractivity contribution in [3.05, 3.63) is 88.6 Å². The molecule has 2 saturated heterocycles. The highest BCUT2D eigenvalue weighted by atomic mass is 19.1. The maximum Gasteiger partial charge on any atom is 0.255 e. The summed E-state index contributed by atoms with van der Waals surface area (Å²) in [6.45, 7) is 2.44. The number of piperidine rings is 1. The Morgan fingerprint density at radius 1 is 0.973 bits per heavy atom. The third-order valence-electron chi connectivity index (χ3n) is 7.36. The van der Waals surface area contributed by atoms with E-state index < -0.39 is 23.6 Å². The SMILES string of the molecule is O=C1CCC(N2Cc3cc(-c4cc(CN5CC(c6cc(F)cc(F)c6)C5)ccn4)ccc3C2=O)C(=O)N1. The van der Waals surface area contributed by atoms with Crippen molar-refractivity contribution in [3.63, 3.8) is 0 Å². The number of likely N-dealkylation sites (tertiary alicyclic amines) is 1. The molecule has 3 aliphatic heterocycles. The molecule has 0 aliphatic carbocycles. The van der Waals surface area contributed by atoms with Crippen molar-refractivity contribution in [1.29, 1.82) is 0 Å². The van der Waals surface area contributed by atoms with E-state index in [9.17, 15) is 23.2 Å². The Bertz CT molecular complexity index is 1420. The summed E-state index contributed by atoms with van der Waals surface area (Å²) in [6, 6.07) is 12.5. The molecule has 2 fully saturated rings. The van der Waals surface area contributed by atoms with Gasteiger partial charge in [-0.15, -0.1) is 0 Å². The molecular weight excluding hydrogens is 478 g/mol. The van der Waals surface area contributed by atoms with Gasteiger partial charge in [0.25, 0.3) is 5.91 Å². The minimum atomic E-state index is -0.647. The third kappa shape index (κ3) is 4.51. The number of benzene rings is 2. The average Bonchev–Trinajstić information content (AvgIpc) is 3.16. The molecule has 6 rings (SSSR count). The predicted octanol–water partition coefficient (Wildman–Crippen LogP) is 3.39. The Labute approximate surface area is 212 Å². The lowest BCUT2D eigenvalue weighted by Gasteiger charge is -2.39. The molecule has 4 heterocycles. The van der Waals surface area contributed by atoms with Crippen molar-refractivity contribution < 1.29 is 23.2 Å². The minimum absolute atomic E-state index is 0.105. The van der Waals surface area contributed by atoms with Crippen LogP contribution in [0.3, 0.4) is 0 Å². The molecule has 3 amide bonds. The summed E-state index contributed by atoms with van der Waals surface area (Å²) in [5, 5.41) is 2.32. The lowest BCUT2D eigenvalue weighted by molar-refractivity contribution is -0.136. The van der Waals surface area contributed by atoms with E-state index in [1.807, 2.05) is 24.3 Å². The number of carbonyl (C=O) groups is 3. The van der Waals surface area contributed by atoms with Gasteiger partial charge >= 0.3 is 0 Å². The first-order chi connectivity index (χ1) is 17.8. The quantitative estimate of drug-likeness (QED) is 0.541. The first-order valence-corrected chi connectivity index (χ1v) is 12.3. The molecule has 3 aromatic rings. The number of amides is 3. The van der Waals surface area contributed by atoms with Crippen LogP contribution in [-0.2, 0) is 22.7 Å². The molecule has 3 aliphatic rings. The molecule has 0 radical (unpaired) electrons. The molecule has 0 saturated carbocycles. The van der Waals surface area contributed by atoms with E-state index in [1.54, 1.807) is 12.3 Å². The molecule has 2 aromatic carbocycles. The van der Waals surface area contributed by atoms with Crippen molar-refractivity contribution in [2.24, 2.45) is 0 Å². The zero-order chi connectivity index (χ0) is 25.7. The number of carbonyl (C=O) groups excluding carboxylic acids is 3. The number of fused-ring (bicyclic) bond motifs is 1. The number of pyridine rings is 1. The molecule has 1 unspecified atom stereocenters. The summed E-state index contributed by atoms with van der Waals surface area (Å²) in [5.74, 6) is -1.94. The molecular formula is C28H24F2N4O3. The zero-order valence-electron chi connectivity index (χ0n) is 19.9. The highest BCUT2D eigenvalue weighted by Crippen LogP contribution is 2.32. The van der Waals surface area contributed by atoms with Gasteiger partial charge in [-0.1, -0.05) is 6.07 Å². The van der Waals surface area contributed by atoms with E-state index in [4.69, 9.17) is 0 Å². The molecule has 0 bridgehead atoms. The number of halogens is 2. The Balaban J connectivity index is 1.14. The summed E-state index contributed by atoms with van der Waals surface area (Å²) >= 11 is 0. The van der Waals surface area contributed by atoms with Gasteiger partial charge in [0.2, 0.25) is 11.8 Å². The number of nitrogens with zero attached hydrogens (tertiary/aromatic N) is 3. The largest absolute Gasteiger partial charge is 0.322 e. The standard InChI is InChI=1S/C28H24F2N4O3/c29-21-9-18(10-22(30)11-21)20-13-33(14-20)12-16-5-6-31-24(7-16)17-1-2-23-19(8-17)15-34(28(23)37)25-3-4-26(35)32-27(25)36/h1-2,5-11,20,25H,3-4,12-15H2,(H,32,35,36). The van der Waals surface area contributed by atoms with E-state index in [0.29, 0.717) is 30.6 Å². The third-order valence-corrected chi connectivity index (χ3v) is 7.36. The molecule has 1 atom stereocenters. The van der Waals surface area contributed by atoms with Crippen LogP contribution in [0, 0.1) is 11.6 Å². The molecule has 9 heteroatoms. The molecule has 1 aromatic heterocycles. The van der Waals surface area contributed by atoms with Crippen LogP contribution in [0.2, 0.25) is 0 Å². The van der Waals surface area contributed by atoms with Crippen molar-refractivity contribution in [2.75, 3.05) is 13.1 Å². The first-order valence-electron chi connectivity index (χ1n) is 12.3. The van der Waals surface area contributed by atoms with Crippen LogP contribution in [0.5, 0.6) is 0 Å². The summed E-state index contributed by atoms with van der Waals surface area (Å²) < 4.78 is 27.1. The van der Waals surface area contributed by atoms with Gasteiger partial charge in [-0.25, -0.2) is 8.78 Å². The lowest BCUT2D eigenvalue weighted by Crippen LogP contribution is -2.52. The fourth-order valence-corrected chi connectivity index (χ4v) is 5.44. The number of nitrogens with one attached hydrogen (secondary N) is 1. The van der Waals surface area contributed by atoms with Gasteiger partial charge in [-0.2, -0.15) is 0 Å². The van der Waals surface area contributed by atoms with Gasteiger partial charge in [-0.3, -0.25) is 29.6 Å². The fourth-order valence-electron chi connectivity index (χ4n) is 5.44. The normalized spacial score (nSPS) is 20.1. The highest BCUT2D eigenvalue weighted by molar-refractivity contribution is 6.05. The second kappa shape index (κ2) is 9.15. The van der Waals surface area contributed by atoms with Crippen LogP contribution >= 0.6 is 0 Å². The van der Waals surface area contributed by atoms with Crippen LogP contribution in [0.4, 0.5) is 8.78 Å². The Morgan fingerprint density at radius 2 is 1.76 bits per heavy atom. The molecule has 188 valence electrons. The minimum Gasteiger partial charge on any atom is -0.322 e. The second-order valence-electron chi connectivity index (χ2n) is 9.91. The van der Waals surface area contributed by atoms with Gasteiger partial charge in [0.05, 0.1) is 5.69 Å². The topological polar surface area (TPSA) is 82.6 Å². The molecule has 7 nitrogen and oxygen atoms in total. The number of hydrogen-bond donors (Lipinski definition) is 1. The summed E-state index contributed by atoms with van der Waals surface area (Å²) in [5.41, 5.74) is 4.78. The highest BCUT2D eigenvalue weighted by Gasteiger charge is 2.39. The van der Waals surface area contributed by atoms with Crippen LogP contribution in [0.25, 0.3) is 11.3 Å². The zero-order valence-corrected chi connectivity index (χ0v) is 19.9. The molecule has 0 spiro atoms. The number of imide groups is 1. The van der Waals surface area contributed by atoms with E-state index in [1.165, 1.54) is 17.0 Å². The summed E-state index contributed by atoms with van der Waals surface area (Å²) in [4.78, 5) is 45.0. The van der Waals surface area contributed by atoms with Gasteiger partial charge in [0.1, 0.15) is 17.7 Å². The van der Waals surface area contributed by atoms with Crippen LogP contribution in [0.1, 0.15) is 45.8 Å². The van der Waals surface area contributed by atoms with Crippen molar-refractivity contribution in [2.45, 2.75) is 37.9 Å². The van der Waals surface area contributed by atoms with Crippen LogP contribution in [0.15, 0.2) is 54.7 Å². The van der Waals surface area contributed by atoms with E-state index in [0.717, 1.165) is 41.5 Å². The fraction of sp³-hybridized carbons (Fsp3) is 0.286. The van der Waals surface area contributed by atoms with Crippen molar-refractivity contribution in [3.8, 4) is 11.3 Å². The van der Waals surface area contributed by atoms with Crippen LogP contribution < -0.4 is 5.32 Å². The average molecular weight is 503 g/mol. The van der Waals surface area contributed by atoms with Gasteiger partial charge in [0, 0.05) is 61.9 Å². The first kappa shape index (κ1) is 23.4. The van der Waals surface area contributed by atoms with Crippen molar-refractivity contribution in [1.82, 2.24) is 20.1 Å². The Hall–Kier alpha value is -3.98. The van der Waals surface area contributed by atoms with Crippen molar-refractivity contribution >= 4 is 17.7 Å². The molecule has 37 heavy (non-hydrogen) atoms. The van der Waals surface area contributed by atoms with Gasteiger partial charge in [0.15, 0.2) is 0 Å². The van der Waals surface area contributed by atoms with E-state index in [2.05, 4.69) is 15.2 Å². The summed E-state index contributed by atoms with van der Waals surface area (Å²) in [7, 11) is 0. The van der Waals surface area contributed by atoms with Gasteiger partial charge in [-0.05, 0) is 59.5 Å². The monoisotopic (exact) mass is 502 g/mol. The number of rotatable bonds is 5. The maximum atomic E-state index is 13.5. The van der Waals surface area contributed by atoms with E-state index in [-0.39, 0.29) is 24.2 Å². The smallest absolute Gasteiger partial charge is 0.255 e. The lowest BCUT2D eigenvalue weighted by atomic mass is 9.91. The molecule has 1 N–H and O–H groups in total. The summed E-state index contributed by atoms with van der Waals surface area (Å²) in [6.07, 6.45) is 2.29. The Morgan fingerprint density at radius 3 is 2.51 bits per heavy atom. The predicted molar refractivity (Wildman–Crippen MR) is 130 cm³/mol. The number of hydrogen-bond acceptors (Lipinski definition) is 5. The number of aromatic nitrogens is 1. The maximum absolute atomic E-state index is 13.5.